The van der Waals surface area contributed by atoms with Gasteiger partial charge in [0, 0.05) is 38.4 Å². The first kappa shape index (κ1) is 23.0. The topological polar surface area (TPSA) is 73.0 Å². The van der Waals surface area contributed by atoms with Gasteiger partial charge in [0.15, 0.2) is 0 Å². The van der Waals surface area contributed by atoms with Gasteiger partial charge in [0.2, 0.25) is 10.0 Å². The zero-order valence-corrected chi connectivity index (χ0v) is 19.2. The van der Waals surface area contributed by atoms with E-state index in [9.17, 15) is 13.2 Å². The molecule has 0 aromatic heterocycles. The molecular weight excluding hydrogens is 400 g/mol. The fourth-order valence-electron chi connectivity index (χ4n) is 4.41. The number of hydrogen-bond acceptors (Lipinski definition) is 4. The first-order valence-electron chi connectivity index (χ1n) is 11.2. The van der Waals surface area contributed by atoms with Gasteiger partial charge >= 0.3 is 6.03 Å². The molecule has 0 radical (unpaired) electrons. The molecule has 2 fully saturated rings. The second-order valence-electron chi connectivity index (χ2n) is 8.59. The van der Waals surface area contributed by atoms with E-state index in [0.717, 1.165) is 45.4 Å². The molecule has 30 heavy (non-hydrogen) atoms. The van der Waals surface area contributed by atoms with Crippen LogP contribution in [0.5, 0.6) is 0 Å². The van der Waals surface area contributed by atoms with E-state index in [1.54, 1.807) is 28.6 Å². The average molecular weight is 437 g/mol. The minimum Gasteiger partial charge on any atom is -0.325 e. The van der Waals surface area contributed by atoms with Crippen molar-refractivity contribution >= 4 is 21.7 Å². The van der Waals surface area contributed by atoms with Gasteiger partial charge in [-0.15, -0.1) is 0 Å². The van der Waals surface area contributed by atoms with Crippen molar-refractivity contribution in [3.63, 3.8) is 0 Å². The lowest BCUT2D eigenvalue weighted by atomic mass is 9.96. The molecule has 7 nitrogen and oxygen atoms in total. The Hall–Kier alpha value is -1.64. The highest BCUT2D eigenvalue weighted by atomic mass is 32.2. The summed E-state index contributed by atoms with van der Waals surface area (Å²) < 4.78 is 27.8. The van der Waals surface area contributed by atoms with Crippen LogP contribution in [0.15, 0.2) is 29.2 Å². The monoisotopic (exact) mass is 436 g/mol. The Balaban J connectivity index is 1.65. The summed E-state index contributed by atoms with van der Waals surface area (Å²) in [7, 11) is -1.56. The number of sulfonamides is 1. The average Bonchev–Trinajstić information content (AvgIpc) is 3.09. The fourth-order valence-corrected chi connectivity index (χ4v) is 5.93. The molecule has 2 aliphatic heterocycles. The van der Waals surface area contributed by atoms with Crippen LogP contribution in [0.2, 0.25) is 0 Å². The molecule has 1 aromatic carbocycles. The first-order chi connectivity index (χ1) is 14.4. The summed E-state index contributed by atoms with van der Waals surface area (Å²) in [5, 5.41) is 2.92. The molecule has 0 spiro atoms. The summed E-state index contributed by atoms with van der Waals surface area (Å²) in [5.74, 6) is 0.703. The number of amides is 2. The molecule has 2 amide bonds. The molecule has 1 unspecified atom stereocenters. The van der Waals surface area contributed by atoms with Crippen LogP contribution in [0.1, 0.15) is 45.4 Å². The Morgan fingerprint density at radius 1 is 1.07 bits per heavy atom. The zero-order chi connectivity index (χ0) is 21.6. The largest absolute Gasteiger partial charge is 0.325 e. The molecule has 168 valence electrons. The van der Waals surface area contributed by atoms with Crippen LogP contribution in [0.25, 0.3) is 0 Å². The molecular formula is C22H36N4O3S. The Kier molecular flexibility index (Phi) is 8.13. The molecule has 2 aliphatic rings. The number of likely N-dealkylation sites (N-methyl/N-ethyl adjacent to an activating group) is 1. The molecule has 3 rings (SSSR count). The van der Waals surface area contributed by atoms with E-state index in [1.807, 2.05) is 11.9 Å². The summed E-state index contributed by atoms with van der Waals surface area (Å²) in [6.45, 7) is 6.36. The van der Waals surface area contributed by atoms with E-state index in [0.29, 0.717) is 24.7 Å². The van der Waals surface area contributed by atoms with Crippen LogP contribution < -0.4 is 5.32 Å². The van der Waals surface area contributed by atoms with Crippen molar-refractivity contribution < 1.29 is 13.2 Å². The highest BCUT2D eigenvalue weighted by Gasteiger charge is 2.27. The number of anilines is 1. The highest BCUT2D eigenvalue weighted by Crippen LogP contribution is 2.24. The van der Waals surface area contributed by atoms with Gasteiger partial charge in [-0.05, 0) is 63.4 Å². The van der Waals surface area contributed by atoms with Crippen LogP contribution in [0.4, 0.5) is 10.5 Å². The molecule has 1 atom stereocenters. The summed E-state index contributed by atoms with van der Waals surface area (Å²) in [6.07, 6.45) is 6.47. The third-order valence-corrected chi connectivity index (χ3v) is 8.13. The smallest absolute Gasteiger partial charge is 0.321 e. The predicted molar refractivity (Wildman–Crippen MR) is 120 cm³/mol. The molecule has 2 heterocycles. The number of hydrogen-bond donors (Lipinski definition) is 1. The normalized spacial score (nSPS) is 22.3. The van der Waals surface area contributed by atoms with Crippen LogP contribution in [0, 0.1) is 5.92 Å². The van der Waals surface area contributed by atoms with E-state index in [2.05, 4.69) is 17.1 Å². The van der Waals surface area contributed by atoms with Gasteiger partial charge in [0.25, 0.3) is 0 Å². The lowest BCUT2D eigenvalue weighted by molar-refractivity contribution is 0.213. The molecule has 2 saturated heterocycles. The van der Waals surface area contributed by atoms with Crippen molar-refractivity contribution in [3.05, 3.63) is 24.3 Å². The van der Waals surface area contributed by atoms with E-state index in [4.69, 9.17) is 0 Å². The molecule has 1 N–H and O–H groups in total. The van der Waals surface area contributed by atoms with Crippen molar-refractivity contribution in [1.82, 2.24) is 14.1 Å². The van der Waals surface area contributed by atoms with Gasteiger partial charge in [-0.2, -0.15) is 4.31 Å². The summed E-state index contributed by atoms with van der Waals surface area (Å²) in [6, 6.07) is 6.51. The molecule has 1 aromatic rings. The first-order valence-corrected chi connectivity index (χ1v) is 12.7. The Morgan fingerprint density at radius 3 is 2.70 bits per heavy atom. The minimum atomic E-state index is -3.57. The second kappa shape index (κ2) is 10.6. The van der Waals surface area contributed by atoms with E-state index < -0.39 is 10.0 Å². The zero-order valence-electron chi connectivity index (χ0n) is 18.3. The highest BCUT2D eigenvalue weighted by molar-refractivity contribution is 7.89. The van der Waals surface area contributed by atoms with Crippen LogP contribution in [-0.2, 0) is 10.0 Å². The SMILES string of the molecule is CCCC1CCCN(C(=O)Nc2cccc(S(=O)(=O)N3CCCN(C)CC3)c2)CC1. The Labute approximate surface area is 181 Å². The van der Waals surface area contributed by atoms with E-state index in [1.165, 1.54) is 19.3 Å². The van der Waals surface area contributed by atoms with E-state index in [-0.39, 0.29) is 10.9 Å². The number of carbonyl (C=O) groups excluding carboxylic acids is 1. The van der Waals surface area contributed by atoms with Crippen LogP contribution >= 0.6 is 0 Å². The quantitative estimate of drug-likeness (QED) is 0.767. The number of rotatable bonds is 5. The van der Waals surface area contributed by atoms with Gasteiger partial charge in [0.1, 0.15) is 0 Å². The lowest BCUT2D eigenvalue weighted by Crippen LogP contribution is -2.36. The van der Waals surface area contributed by atoms with Gasteiger partial charge in [-0.1, -0.05) is 25.8 Å². The second-order valence-corrected chi connectivity index (χ2v) is 10.5. The third-order valence-electron chi connectivity index (χ3n) is 6.23. The summed E-state index contributed by atoms with van der Waals surface area (Å²) in [5.41, 5.74) is 0.530. The van der Waals surface area contributed by atoms with Gasteiger partial charge < -0.3 is 15.1 Å². The number of urea groups is 1. The maximum Gasteiger partial charge on any atom is 0.321 e. The minimum absolute atomic E-state index is 0.141. The Bertz CT molecular complexity index is 814. The summed E-state index contributed by atoms with van der Waals surface area (Å²) in [4.78, 5) is 17.0. The number of nitrogens with zero attached hydrogens (tertiary/aromatic N) is 3. The maximum atomic E-state index is 13.1. The molecule has 8 heteroatoms. The lowest BCUT2D eigenvalue weighted by Gasteiger charge is -2.22. The fraction of sp³-hybridized carbons (Fsp3) is 0.682. The van der Waals surface area contributed by atoms with Gasteiger partial charge in [-0.3, -0.25) is 0 Å². The molecule has 0 aliphatic carbocycles. The van der Waals surface area contributed by atoms with Crippen molar-refractivity contribution in [2.24, 2.45) is 5.92 Å². The number of likely N-dealkylation sites (tertiary alicyclic amines) is 1. The Morgan fingerprint density at radius 2 is 1.90 bits per heavy atom. The van der Waals surface area contributed by atoms with Crippen molar-refractivity contribution in [2.45, 2.75) is 50.3 Å². The molecule has 0 saturated carbocycles. The number of nitrogens with one attached hydrogen (secondary N) is 1. The van der Waals surface area contributed by atoms with Crippen LogP contribution in [0.3, 0.4) is 0 Å². The van der Waals surface area contributed by atoms with Gasteiger partial charge in [-0.25, -0.2) is 13.2 Å². The number of carbonyl (C=O) groups is 1. The van der Waals surface area contributed by atoms with Crippen molar-refractivity contribution in [2.75, 3.05) is 51.6 Å². The maximum absolute atomic E-state index is 13.1. The summed E-state index contributed by atoms with van der Waals surface area (Å²) >= 11 is 0. The van der Waals surface area contributed by atoms with E-state index >= 15 is 0 Å². The van der Waals surface area contributed by atoms with Crippen molar-refractivity contribution in [3.8, 4) is 0 Å². The predicted octanol–water partition coefficient (Wildman–Crippen LogP) is 3.45. The van der Waals surface area contributed by atoms with Gasteiger partial charge in [0.05, 0.1) is 4.90 Å². The molecule has 0 bridgehead atoms. The standard InChI is InChI=1S/C22H36N4O3S/c1-3-7-19-8-5-13-25(15-11-19)22(27)23-20-9-4-10-21(18-20)30(28,29)26-14-6-12-24(2)16-17-26/h4,9-10,18-19H,3,5-8,11-17H2,1-2H3,(H,23,27). The van der Waals surface area contributed by atoms with Crippen molar-refractivity contribution in [1.29, 1.82) is 0 Å². The number of benzene rings is 1. The van der Waals surface area contributed by atoms with Crippen LogP contribution in [-0.4, -0.2) is 74.9 Å². The third kappa shape index (κ3) is 5.95.